The van der Waals surface area contributed by atoms with Gasteiger partial charge in [0.1, 0.15) is 10.7 Å². The minimum atomic E-state index is -3.75. The Balaban J connectivity index is 2.25. The van der Waals surface area contributed by atoms with Crippen LogP contribution in [-0.4, -0.2) is 31.9 Å². The average Bonchev–Trinajstić information content (AvgIpc) is 2.38. The van der Waals surface area contributed by atoms with Crippen LogP contribution in [0, 0.1) is 18.7 Å². The molecule has 1 heterocycles. The van der Waals surface area contributed by atoms with Gasteiger partial charge < -0.3 is 5.73 Å². The largest absolute Gasteiger partial charge is 0.328 e. The lowest BCUT2D eigenvalue weighted by molar-refractivity contribution is 0.250. The summed E-state index contributed by atoms with van der Waals surface area (Å²) in [4.78, 5) is -0.195. The summed E-state index contributed by atoms with van der Waals surface area (Å²) in [5.74, 6) is -0.345. The molecule has 6 heteroatoms. The van der Waals surface area contributed by atoms with Gasteiger partial charge in [-0.15, -0.1) is 0 Å². The standard InChI is InChI=1S/C14H21FN2O2S/c1-10-4-3-5-13(15)14(10)20(18,19)17-8-6-12(7-9-17)11(2)16/h3-5,11-12H,6-9,16H2,1-2H3. The molecule has 2 N–H and O–H groups in total. The number of nitrogens with two attached hydrogens (primary N) is 1. The molecule has 1 aromatic rings. The maximum atomic E-state index is 13.9. The summed E-state index contributed by atoms with van der Waals surface area (Å²) in [5.41, 5.74) is 6.30. The number of sulfonamides is 1. The molecule has 112 valence electrons. The molecule has 1 fully saturated rings. The van der Waals surface area contributed by atoms with E-state index >= 15 is 0 Å². The number of halogens is 1. The lowest BCUT2D eigenvalue weighted by Crippen LogP contribution is -2.42. The second-order valence-electron chi connectivity index (χ2n) is 5.49. The van der Waals surface area contributed by atoms with Crippen LogP contribution >= 0.6 is 0 Å². The average molecular weight is 300 g/mol. The number of hydrogen-bond donors (Lipinski definition) is 1. The van der Waals surface area contributed by atoms with Gasteiger partial charge in [-0.3, -0.25) is 0 Å². The fourth-order valence-electron chi connectivity index (χ4n) is 2.71. The first-order chi connectivity index (χ1) is 9.34. The Kier molecular flexibility index (Phi) is 4.46. The van der Waals surface area contributed by atoms with Gasteiger partial charge >= 0.3 is 0 Å². The highest BCUT2D eigenvalue weighted by molar-refractivity contribution is 7.89. The van der Waals surface area contributed by atoms with Crippen LogP contribution in [0.2, 0.25) is 0 Å². The topological polar surface area (TPSA) is 63.4 Å². The van der Waals surface area contributed by atoms with Crippen molar-refractivity contribution >= 4 is 10.0 Å². The van der Waals surface area contributed by atoms with Crippen molar-refractivity contribution in [1.29, 1.82) is 0 Å². The molecular formula is C14H21FN2O2S. The Labute approximate surface area is 119 Å². The van der Waals surface area contributed by atoms with Gasteiger partial charge in [-0.2, -0.15) is 4.31 Å². The van der Waals surface area contributed by atoms with Crippen molar-refractivity contribution in [1.82, 2.24) is 4.31 Å². The quantitative estimate of drug-likeness (QED) is 0.927. The smallest absolute Gasteiger partial charge is 0.246 e. The molecule has 1 aromatic carbocycles. The SMILES string of the molecule is Cc1cccc(F)c1S(=O)(=O)N1CCC(C(C)N)CC1. The van der Waals surface area contributed by atoms with Crippen LogP contribution in [0.1, 0.15) is 25.3 Å². The van der Waals surface area contributed by atoms with Crippen molar-refractivity contribution in [2.45, 2.75) is 37.6 Å². The molecule has 4 nitrogen and oxygen atoms in total. The van der Waals surface area contributed by atoms with E-state index in [9.17, 15) is 12.8 Å². The summed E-state index contributed by atoms with van der Waals surface area (Å²) in [7, 11) is -3.75. The third-order valence-electron chi connectivity index (χ3n) is 4.00. The molecule has 1 aliphatic heterocycles. The molecule has 0 bridgehead atoms. The Bertz CT molecular complexity index is 559. The normalized spacial score (nSPS) is 20.0. The summed E-state index contributed by atoms with van der Waals surface area (Å²) in [6.07, 6.45) is 1.45. The molecule has 0 saturated carbocycles. The Morgan fingerprint density at radius 1 is 1.35 bits per heavy atom. The maximum absolute atomic E-state index is 13.9. The van der Waals surface area contributed by atoms with Crippen molar-refractivity contribution < 1.29 is 12.8 Å². The highest BCUT2D eigenvalue weighted by Gasteiger charge is 2.33. The minimum Gasteiger partial charge on any atom is -0.328 e. The monoisotopic (exact) mass is 300 g/mol. The van der Waals surface area contributed by atoms with Gasteiger partial charge in [-0.25, -0.2) is 12.8 Å². The van der Waals surface area contributed by atoms with Crippen molar-refractivity contribution in [3.8, 4) is 0 Å². The van der Waals surface area contributed by atoms with Crippen LogP contribution in [0.3, 0.4) is 0 Å². The number of nitrogens with zero attached hydrogens (tertiary/aromatic N) is 1. The molecular weight excluding hydrogens is 279 g/mol. The fraction of sp³-hybridized carbons (Fsp3) is 0.571. The van der Waals surface area contributed by atoms with E-state index in [0.717, 1.165) is 12.8 Å². The third kappa shape index (κ3) is 2.87. The first kappa shape index (κ1) is 15.4. The van der Waals surface area contributed by atoms with Crippen LogP contribution in [0.4, 0.5) is 4.39 Å². The highest BCUT2D eigenvalue weighted by atomic mass is 32.2. The van der Waals surface area contributed by atoms with Gasteiger partial charge in [0.25, 0.3) is 0 Å². The molecule has 0 radical (unpaired) electrons. The van der Waals surface area contributed by atoms with E-state index in [4.69, 9.17) is 5.73 Å². The lowest BCUT2D eigenvalue weighted by atomic mass is 9.92. The molecule has 0 spiro atoms. The first-order valence-corrected chi connectivity index (χ1v) is 8.29. The van der Waals surface area contributed by atoms with Gasteiger partial charge in [-0.05, 0) is 44.2 Å². The summed E-state index contributed by atoms with van der Waals surface area (Å²) in [6.45, 7) is 4.37. The zero-order chi connectivity index (χ0) is 14.9. The Hall–Kier alpha value is -0.980. The molecule has 2 rings (SSSR count). The van der Waals surface area contributed by atoms with Crippen LogP contribution in [0.5, 0.6) is 0 Å². The predicted octanol–water partition coefficient (Wildman–Crippen LogP) is 1.88. The molecule has 1 aliphatic rings. The summed E-state index contributed by atoms with van der Waals surface area (Å²) in [6, 6.07) is 4.39. The zero-order valence-corrected chi connectivity index (χ0v) is 12.7. The molecule has 1 saturated heterocycles. The van der Waals surface area contributed by atoms with Crippen molar-refractivity contribution in [3.63, 3.8) is 0 Å². The van der Waals surface area contributed by atoms with Crippen LogP contribution in [0.25, 0.3) is 0 Å². The third-order valence-corrected chi connectivity index (χ3v) is 6.08. The summed E-state index contributed by atoms with van der Waals surface area (Å²) in [5, 5.41) is 0. The van der Waals surface area contributed by atoms with Crippen LogP contribution in [0.15, 0.2) is 23.1 Å². The lowest BCUT2D eigenvalue weighted by Gasteiger charge is -2.33. The van der Waals surface area contributed by atoms with Gasteiger partial charge in [0.15, 0.2) is 0 Å². The van der Waals surface area contributed by atoms with E-state index in [-0.39, 0.29) is 10.9 Å². The molecule has 20 heavy (non-hydrogen) atoms. The van der Waals surface area contributed by atoms with Crippen molar-refractivity contribution in [2.75, 3.05) is 13.1 Å². The minimum absolute atomic E-state index is 0.0649. The molecule has 1 atom stereocenters. The van der Waals surface area contributed by atoms with E-state index in [1.165, 1.54) is 16.4 Å². The number of benzene rings is 1. The van der Waals surface area contributed by atoms with Crippen molar-refractivity contribution in [2.24, 2.45) is 11.7 Å². The highest BCUT2D eigenvalue weighted by Crippen LogP contribution is 2.28. The van der Waals surface area contributed by atoms with Gasteiger partial charge in [0.2, 0.25) is 10.0 Å². The van der Waals surface area contributed by atoms with E-state index in [1.807, 2.05) is 6.92 Å². The maximum Gasteiger partial charge on any atom is 0.246 e. The number of aryl methyl sites for hydroxylation is 1. The second-order valence-corrected chi connectivity index (χ2v) is 7.36. The van der Waals surface area contributed by atoms with Gasteiger partial charge in [0, 0.05) is 19.1 Å². The summed E-state index contributed by atoms with van der Waals surface area (Å²) < 4.78 is 40.4. The second kappa shape index (κ2) is 5.79. The van der Waals surface area contributed by atoms with E-state index in [1.54, 1.807) is 13.0 Å². The number of hydrogen-bond acceptors (Lipinski definition) is 3. The predicted molar refractivity (Wildman–Crippen MR) is 76.3 cm³/mol. The van der Waals surface area contributed by atoms with E-state index in [0.29, 0.717) is 24.6 Å². The van der Waals surface area contributed by atoms with E-state index < -0.39 is 15.8 Å². The Morgan fingerprint density at radius 2 is 1.95 bits per heavy atom. The molecule has 0 amide bonds. The van der Waals surface area contributed by atoms with Crippen LogP contribution < -0.4 is 5.73 Å². The van der Waals surface area contributed by atoms with Crippen LogP contribution in [-0.2, 0) is 10.0 Å². The van der Waals surface area contributed by atoms with Crippen molar-refractivity contribution in [3.05, 3.63) is 29.6 Å². The molecule has 0 aliphatic carbocycles. The number of piperidine rings is 1. The van der Waals surface area contributed by atoms with E-state index in [2.05, 4.69) is 0 Å². The molecule has 1 unspecified atom stereocenters. The first-order valence-electron chi connectivity index (χ1n) is 6.85. The fourth-order valence-corrected chi connectivity index (χ4v) is 4.45. The molecule has 0 aromatic heterocycles. The van der Waals surface area contributed by atoms with Gasteiger partial charge in [-0.1, -0.05) is 12.1 Å². The number of rotatable bonds is 3. The Morgan fingerprint density at radius 3 is 2.45 bits per heavy atom. The van der Waals surface area contributed by atoms with Gasteiger partial charge in [0.05, 0.1) is 0 Å². The summed E-state index contributed by atoms with van der Waals surface area (Å²) >= 11 is 0. The zero-order valence-electron chi connectivity index (χ0n) is 11.8.